The highest BCUT2D eigenvalue weighted by molar-refractivity contribution is 5.90. The van der Waals surface area contributed by atoms with Crippen LogP contribution in [0.2, 0.25) is 0 Å². The molecule has 1 aromatic heterocycles. The van der Waals surface area contributed by atoms with Crippen molar-refractivity contribution in [2.45, 2.75) is 19.5 Å². The highest BCUT2D eigenvalue weighted by Gasteiger charge is 2.33. The van der Waals surface area contributed by atoms with E-state index in [0.717, 1.165) is 17.8 Å². The fourth-order valence-corrected chi connectivity index (χ4v) is 2.25. The highest BCUT2D eigenvalue weighted by Crippen LogP contribution is 2.34. The fraction of sp³-hybridized carbons (Fsp3) is 0.333. The first-order valence-electron chi connectivity index (χ1n) is 7.48. The predicted molar refractivity (Wildman–Crippen MR) is 87.8 cm³/mol. The third-order valence-corrected chi connectivity index (χ3v) is 3.46. The normalized spacial score (nSPS) is 11.3. The second kappa shape index (κ2) is 7.42. The van der Waals surface area contributed by atoms with Crippen LogP contribution in [-0.4, -0.2) is 27.2 Å². The number of anilines is 2. The standard InChI is InChI=1S/C15H16F3N5O3/c1-9-7-13(22(2)21-9)20-14(24)5-6-19-11-4-3-10(15(16,17)18)8-12(11)23(25)26/h3-4,7-8,19H,5-6H2,1-2H3,(H,20,24). The van der Waals surface area contributed by atoms with E-state index in [1.165, 1.54) is 4.68 Å². The Morgan fingerprint density at radius 3 is 2.58 bits per heavy atom. The summed E-state index contributed by atoms with van der Waals surface area (Å²) < 4.78 is 39.5. The smallest absolute Gasteiger partial charge is 0.379 e. The van der Waals surface area contributed by atoms with Gasteiger partial charge in [0.05, 0.1) is 16.2 Å². The number of halogens is 3. The molecule has 1 amide bonds. The van der Waals surface area contributed by atoms with Crippen LogP contribution >= 0.6 is 0 Å². The Bertz CT molecular complexity index is 832. The molecule has 1 aromatic carbocycles. The summed E-state index contributed by atoms with van der Waals surface area (Å²) in [7, 11) is 1.66. The van der Waals surface area contributed by atoms with Crippen molar-refractivity contribution < 1.29 is 22.9 Å². The van der Waals surface area contributed by atoms with E-state index < -0.39 is 22.4 Å². The zero-order chi connectivity index (χ0) is 19.5. The summed E-state index contributed by atoms with van der Waals surface area (Å²) in [5.41, 5.74) is -1.19. The number of nitrogens with one attached hydrogen (secondary N) is 2. The number of hydrogen-bond donors (Lipinski definition) is 2. The summed E-state index contributed by atoms with van der Waals surface area (Å²) >= 11 is 0. The Kier molecular flexibility index (Phi) is 5.48. The maximum absolute atomic E-state index is 12.7. The second-order valence-electron chi connectivity index (χ2n) is 5.51. The molecule has 0 aliphatic heterocycles. The van der Waals surface area contributed by atoms with E-state index in [-0.39, 0.29) is 24.6 Å². The Morgan fingerprint density at radius 1 is 1.35 bits per heavy atom. The lowest BCUT2D eigenvalue weighted by Crippen LogP contribution is -2.18. The van der Waals surface area contributed by atoms with Gasteiger partial charge in [0.1, 0.15) is 11.5 Å². The van der Waals surface area contributed by atoms with Gasteiger partial charge in [-0.25, -0.2) is 0 Å². The van der Waals surface area contributed by atoms with Gasteiger partial charge in [-0.3, -0.25) is 19.6 Å². The van der Waals surface area contributed by atoms with E-state index in [1.54, 1.807) is 20.0 Å². The van der Waals surface area contributed by atoms with E-state index in [1.807, 2.05) is 0 Å². The number of carbonyl (C=O) groups is 1. The number of nitrogens with zero attached hydrogens (tertiary/aromatic N) is 3. The minimum absolute atomic E-state index is 0.00880. The summed E-state index contributed by atoms with van der Waals surface area (Å²) in [6.45, 7) is 1.77. The lowest BCUT2D eigenvalue weighted by Gasteiger charge is -2.10. The molecule has 0 unspecified atom stereocenters. The molecule has 0 spiro atoms. The molecule has 0 aliphatic rings. The molecule has 140 valence electrons. The quantitative estimate of drug-likeness (QED) is 0.600. The third-order valence-electron chi connectivity index (χ3n) is 3.46. The van der Waals surface area contributed by atoms with E-state index in [0.29, 0.717) is 11.9 Å². The largest absolute Gasteiger partial charge is 0.416 e. The number of benzene rings is 1. The van der Waals surface area contributed by atoms with E-state index in [9.17, 15) is 28.1 Å². The summed E-state index contributed by atoms with van der Waals surface area (Å²) in [4.78, 5) is 22.0. The number of aryl methyl sites for hydroxylation is 2. The van der Waals surface area contributed by atoms with Gasteiger partial charge < -0.3 is 10.6 Å². The van der Waals surface area contributed by atoms with Crippen molar-refractivity contribution >= 4 is 23.1 Å². The van der Waals surface area contributed by atoms with Crippen LogP contribution in [-0.2, 0) is 18.0 Å². The van der Waals surface area contributed by atoms with E-state index in [2.05, 4.69) is 15.7 Å². The van der Waals surface area contributed by atoms with Crippen LogP contribution in [0.25, 0.3) is 0 Å². The molecule has 2 rings (SSSR count). The van der Waals surface area contributed by atoms with Crippen LogP contribution in [0.3, 0.4) is 0 Å². The molecule has 0 atom stereocenters. The predicted octanol–water partition coefficient (Wildman–Crippen LogP) is 3.10. The number of nitro groups is 1. The third kappa shape index (κ3) is 4.71. The first-order valence-corrected chi connectivity index (χ1v) is 7.48. The molecule has 1 heterocycles. The molecule has 2 N–H and O–H groups in total. The van der Waals surface area contributed by atoms with Gasteiger partial charge in [0.15, 0.2) is 0 Å². The lowest BCUT2D eigenvalue weighted by molar-refractivity contribution is -0.384. The van der Waals surface area contributed by atoms with Crippen LogP contribution in [0.15, 0.2) is 24.3 Å². The summed E-state index contributed by atoms with van der Waals surface area (Å²) in [6, 6.07) is 3.85. The number of aromatic nitrogens is 2. The lowest BCUT2D eigenvalue weighted by atomic mass is 10.1. The van der Waals surface area contributed by atoms with Crippen LogP contribution in [0.5, 0.6) is 0 Å². The van der Waals surface area contributed by atoms with Crippen molar-refractivity contribution in [3.63, 3.8) is 0 Å². The monoisotopic (exact) mass is 371 g/mol. The molecule has 2 aromatic rings. The highest BCUT2D eigenvalue weighted by atomic mass is 19.4. The molecule has 0 saturated heterocycles. The van der Waals surface area contributed by atoms with Crippen LogP contribution in [0, 0.1) is 17.0 Å². The number of hydrogen-bond acceptors (Lipinski definition) is 5. The van der Waals surface area contributed by atoms with Gasteiger partial charge in [0.25, 0.3) is 5.69 Å². The van der Waals surface area contributed by atoms with Crippen molar-refractivity contribution in [3.05, 3.63) is 45.6 Å². The molecule has 0 bridgehead atoms. The average molecular weight is 371 g/mol. The summed E-state index contributed by atoms with van der Waals surface area (Å²) in [5, 5.41) is 20.3. The molecule has 0 saturated carbocycles. The molecule has 0 fully saturated rings. The van der Waals surface area contributed by atoms with Crippen LogP contribution in [0.1, 0.15) is 17.7 Å². The van der Waals surface area contributed by atoms with Gasteiger partial charge in [-0.05, 0) is 19.1 Å². The van der Waals surface area contributed by atoms with E-state index in [4.69, 9.17) is 0 Å². The Morgan fingerprint density at radius 2 is 2.04 bits per heavy atom. The van der Waals surface area contributed by atoms with Gasteiger partial charge in [0, 0.05) is 32.1 Å². The van der Waals surface area contributed by atoms with Crippen molar-refractivity contribution in [1.82, 2.24) is 9.78 Å². The Hall–Kier alpha value is -3.11. The first kappa shape index (κ1) is 19.2. The van der Waals surface area contributed by atoms with Gasteiger partial charge in [-0.2, -0.15) is 18.3 Å². The Balaban J connectivity index is 1.99. The first-order chi connectivity index (χ1) is 12.1. The minimum Gasteiger partial charge on any atom is -0.379 e. The average Bonchev–Trinajstić information content (AvgIpc) is 2.83. The minimum atomic E-state index is -4.68. The number of nitro benzene ring substituents is 1. The van der Waals surface area contributed by atoms with Gasteiger partial charge in [-0.15, -0.1) is 0 Å². The van der Waals surface area contributed by atoms with Crippen molar-refractivity contribution in [1.29, 1.82) is 0 Å². The molecule has 0 aliphatic carbocycles. The molecule has 26 heavy (non-hydrogen) atoms. The van der Waals surface area contributed by atoms with Crippen LogP contribution in [0.4, 0.5) is 30.4 Å². The van der Waals surface area contributed by atoms with Crippen molar-refractivity contribution in [2.75, 3.05) is 17.2 Å². The Labute approximate surface area is 146 Å². The maximum Gasteiger partial charge on any atom is 0.416 e. The topological polar surface area (TPSA) is 102 Å². The molecule has 8 nitrogen and oxygen atoms in total. The molecular weight excluding hydrogens is 355 g/mol. The van der Waals surface area contributed by atoms with Gasteiger partial charge >= 0.3 is 6.18 Å². The van der Waals surface area contributed by atoms with Crippen molar-refractivity contribution in [3.8, 4) is 0 Å². The number of rotatable bonds is 6. The maximum atomic E-state index is 12.7. The zero-order valence-corrected chi connectivity index (χ0v) is 13.9. The summed E-state index contributed by atoms with van der Waals surface area (Å²) in [6.07, 6.45) is -4.72. The SMILES string of the molecule is Cc1cc(NC(=O)CCNc2ccc(C(F)(F)F)cc2[N+](=O)[O-])n(C)n1. The molecule has 0 radical (unpaired) electrons. The zero-order valence-electron chi connectivity index (χ0n) is 13.9. The van der Waals surface area contributed by atoms with Crippen molar-refractivity contribution in [2.24, 2.45) is 7.05 Å². The number of carbonyl (C=O) groups excluding carboxylic acids is 1. The second-order valence-corrected chi connectivity index (χ2v) is 5.51. The molecular formula is C15H16F3N5O3. The number of alkyl halides is 3. The van der Waals surface area contributed by atoms with Gasteiger partial charge in [0.2, 0.25) is 5.91 Å². The van der Waals surface area contributed by atoms with Gasteiger partial charge in [-0.1, -0.05) is 0 Å². The molecule has 11 heteroatoms. The number of amides is 1. The van der Waals surface area contributed by atoms with Crippen LogP contribution < -0.4 is 10.6 Å². The fourth-order valence-electron chi connectivity index (χ4n) is 2.25. The summed E-state index contributed by atoms with van der Waals surface area (Å²) in [5.74, 6) is 0.128. The van der Waals surface area contributed by atoms with E-state index >= 15 is 0 Å².